The minimum Gasteiger partial charge on any atom is -0.507 e. The van der Waals surface area contributed by atoms with Crippen LogP contribution in [0.1, 0.15) is 21.5 Å². The third-order valence-electron chi connectivity index (χ3n) is 4.03. The first-order valence-electron chi connectivity index (χ1n) is 8.19. The first-order valence-corrected chi connectivity index (χ1v) is 8.19. The number of para-hydroxylation sites is 1. The van der Waals surface area contributed by atoms with Gasteiger partial charge in [0.2, 0.25) is 0 Å². The molecule has 132 valence electrons. The number of phenolic OH excluding ortho intramolecular Hbond substituents is 1. The molecule has 0 aliphatic carbocycles. The monoisotopic (exact) mass is 343 g/mol. The van der Waals surface area contributed by atoms with E-state index in [1.807, 2.05) is 18.2 Å². The van der Waals surface area contributed by atoms with Gasteiger partial charge in [-0.1, -0.05) is 18.2 Å². The van der Waals surface area contributed by atoms with E-state index in [0.29, 0.717) is 26.3 Å². The summed E-state index contributed by atoms with van der Waals surface area (Å²) in [6.07, 6.45) is 0. The Labute approximate surface area is 146 Å². The highest BCUT2D eigenvalue weighted by Gasteiger charge is 2.23. The quantitative estimate of drug-likeness (QED) is 0.811. The van der Waals surface area contributed by atoms with Gasteiger partial charge in [0, 0.05) is 12.1 Å². The first kappa shape index (κ1) is 17.3. The molecule has 0 atom stereocenters. The Balaban J connectivity index is 1.78. The van der Waals surface area contributed by atoms with Crippen molar-refractivity contribution in [1.29, 1.82) is 0 Å². The summed E-state index contributed by atoms with van der Waals surface area (Å²) in [5.41, 5.74) is 2.13. The highest BCUT2D eigenvalue weighted by molar-refractivity contribution is 5.96. The van der Waals surface area contributed by atoms with E-state index in [9.17, 15) is 9.90 Å². The van der Waals surface area contributed by atoms with Gasteiger partial charge in [0.1, 0.15) is 18.1 Å². The number of fused-ring (bicyclic) bond motifs is 1. The zero-order chi connectivity index (χ0) is 17.6. The number of rotatable bonds is 5. The summed E-state index contributed by atoms with van der Waals surface area (Å²) >= 11 is 0. The van der Waals surface area contributed by atoms with E-state index in [1.165, 1.54) is 6.07 Å². The fourth-order valence-electron chi connectivity index (χ4n) is 2.79. The van der Waals surface area contributed by atoms with Crippen LogP contribution in [0.2, 0.25) is 0 Å². The molecule has 1 amide bonds. The molecule has 1 aliphatic rings. The molecular formula is C19H21NO5. The molecule has 6 nitrogen and oxygen atoms in total. The number of hydrogen-bond donors (Lipinski definition) is 2. The second kappa shape index (κ2) is 8.00. The molecule has 2 aromatic carbocycles. The molecule has 0 bridgehead atoms. The van der Waals surface area contributed by atoms with Crippen molar-refractivity contribution >= 4 is 5.91 Å². The lowest BCUT2D eigenvalue weighted by atomic mass is 10.1. The van der Waals surface area contributed by atoms with Crippen LogP contribution in [0.5, 0.6) is 11.5 Å². The van der Waals surface area contributed by atoms with Gasteiger partial charge in [-0.25, -0.2) is 0 Å². The van der Waals surface area contributed by atoms with Gasteiger partial charge in [-0.15, -0.1) is 0 Å². The molecule has 3 rings (SSSR count). The maximum Gasteiger partial charge on any atom is 0.258 e. The molecule has 25 heavy (non-hydrogen) atoms. The van der Waals surface area contributed by atoms with Crippen molar-refractivity contribution in [3.63, 3.8) is 0 Å². The average molecular weight is 343 g/mol. The smallest absolute Gasteiger partial charge is 0.258 e. The molecule has 0 spiro atoms. The summed E-state index contributed by atoms with van der Waals surface area (Å²) in [4.78, 5) is 14.4. The van der Waals surface area contributed by atoms with E-state index < -0.39 is 0 Å². The number of phenols is 1. The number of aromatic hydroxyl groups is 1. The standard InChI is InChI=1S/C19H21NO5/c21-8-10-24-13-14-5-6-18-15(11-14)12-20(7-9-25-18)19(23)16-3-1-2-4-17(16)22/h1-6,11,21-22H,7-10,12-13H2. The Morgan fingerprint density at radius 3 is 2.88 bits per heavy atom. The Morgan fingerprint density at radius 2 is 2.08 bits per heavy atom. The van der Waals surface area contributed by atoms with Gasteiger partial charge >= 0.3 is 0 Å². The summed E-state index contributed by atoms with van der Waals surface area (Å²) in [5.74, 6) is 0.499. The highest BCUT2D eigenvalue weighted by atomic mass is 16.5. The minimum atomic E-state index is -0.225. The third kappa shape index (κ3) is 4.10. The van der Waals surface area contributed by atoms with E-state index in [2.05, 4.69) is 0 Å². The molecule has 0 radical (unpaired) electrons. The zero-order valence-electron chi connectivity index (χ0n) is 13.9. The molecule has 2 N–H and O–H groups in total. The summed E-state index contributed by atoms with van der Waals surface area (Å²) in [6, 6.07) is 12.3. The molecule has 0 unspecified atom stereocenters. The van der Waals surface area contributed by atoms with Crippen LogP contribution in [0.15, 0.2) is 42.5 Å². The van der Waals surface area contributed by atoms with Gasteiger partial charge in [0.25, 0.3) is 5.91 Å². The van der Waals surface area contributed by atoms with Crippen molar-refractivity contribution in [2.75, 3.05) is 26.4 Å². The van der Waals surface area contributed by atoms with Crippen LogP contribution in [0.25, 0.3) is 0 Å². The lowest BCUT2D eigenvalue weighted by molar-refractivity contribution is 0.0729. The summed E-state index contributed by atoms with van der Waals surface area (Å²) in [7, 11) is 0. The predicted octanol–water partition coefficient (Wildman–Crippen LogP) is 1.94. The van der Waals surface area contributed by atoms with Crippen LogP contribution in [0.3, 0.4) is 0 Å². The highest BCUT2D eigenvalue weighted by Crippen LogP contribution is 2.27. The van der Waals surface area contributed by atoms with Gasteiger partial charge < -0.3 is 24.6 Å². The molecule has 0 saturated heterocycles. The van der Waals surface area contributed by atoms with E-state index in [4.69, 9.17) is 14.6 Å². The molecule has 0 aromatic heterocycles. The first-order chi connectivity index (χ1) is 12.2. The second-order valence-corrected chi connectivity index (χ2v) is 5.81. The van der Waals surface area contributed by atoms with Crippen LogP contribution >= 0.6 is 0 Å². The van der Waals surface area contributed by atoms with Crippen LogP contribution in [-0.4, -0.2) is 47.4 Å². The largest absolute Gasteiger partial charge is 0.507 e. The van der Waals surface area contributed by atoms with Crippen molar-refractivity contribution in [2.24, 2.45) is 0 Å². The van der Waals surface area contributed by atoms with E-state index in [-0.39, 0.29) is 30.4 Å². The van der Waals surface area contributed by atoms with Gasteiger partial charge in [-0.05, 0) is 29.8 Å². The molecule has 0 fully saturated rings. The minimum absolute atomic E-state index is 0.0170. The van der Waals surface area contributed by atoms with Crippen LogP contribution in [0.4, 0.5) is 0 Å². The molecular weight excluding hydrogens is 322 g/mol. The summed E-state index contributed by atoms with van der Waals surface area (Å²) in [6.45, 7) is 1.89. The SMILES string of the molecule is O=C(c1ccccc1O)N1CCOc2ccc(COCCO)cc2C1. The number of amides is 1. The third-order valence-corrected chi connectivity index (χ3v) is 4.03. The lowest BCUT2D eigenvalue weighted by Gasteiger charge is -2.20. The molecule has 2 aromatic rings. The summed E-state index contributed by atoms with van der Waals surface area (Å²) < 4.78 is 11.1. The maximum absolute atomic E-state index is 12.7. The van der Waals surface area contributed by atoms with Crippen molar-refractivity contribution in [1.82, 2.24) is 4.90 Å². The van der Waals surface area contributed by atoms with E-state index in [1.54, 1.807) is 23.1 Å². The fourth-order valence-corrected chi connectivity index (χ4v) is 2.79. The molecule has 6 heteroatoms. The molecule has 1 aliphatic heterocycles. The Bertz CT molecular complexity index is 746. The van der Waals surface area contributed by atoms with E-state index >= 15 is 0 Å². The number of nitrogens with zero attached hydrogens (tertiary/aromatic N) is 1. The van der Waals surface area contributed by atoms with Gasteiger partial charge in [0.05, 0.1) is 31.9 Å². The zero-order valence-corrected chi connectivity index (χ0v) is 13.9. The number of aliphatic hydroxyl groups is 1. The number of ether oxygens (including phenoxy) is 2. The number of benzene rings is 2. The van der Waals surface area contributed by atoms with Crippen molar-refractivity contribution < 1.29 is 24.5 Å². The van der Waals surface area contributed by atoms with Crippen LogP contribution < -0.4 is 4.74 Å². The Morgan fingerprint density at radius 1 is 1.24 bits per heavy atom. The summed E-state index contributed by atoms with van der Waals surface area (Å²) in [5, 5.41) is 18.7. The van der Waals surface area contributed by atoms with Gasteiger partial charge in [-0.2, -0.15) is 0 Å². The average Bonchev–Trinajstić information content (AvgIpc) is 2.84. The van der Waals surface area contributed by atoms with Crippen LogP contribution in [-0.2, 0) is 17.9 Å². The molecule has 1 heterocycles. The number of aliphatic hydroxyl groups excluding tert-OH is 1. The van der Waals surface area contributed by atoms with Crippen molar-refractivity contribution in [3.8, 4) is 11.5 Å². The normalized spacial score (nSPS) is 13.7. The number of hydrogen-bond acceptors (Lipinski definition) is 5. The second-order valence-electron chi connectivity index (χ2n) is 5.81. The Hall–Kier alpha value is -2.57. The fraction of sp³-hybridized carbons (Fsp3) is 0.316. The van der Waals surface area contributed by atoms with Crippen molar-refractivity contribution in [2.45, 2.75) is 13.2 Å². The van der Waals surface area contributed by atoms with E-state index in [0.717, 1.165) is 16.9 Å². The Kier molecular flexibility index (Phi) is 5.53. The lowest BCUT2D eigenvalue weighted by Crippen LogP contribution is -2.32. The van der Waals surface area contributed by atoms with Gasteiger partial charge in [0.15, 0.2) is 0 Å². The topological polar surface area (TPSA) is 79.2 Å². The number of carbonyl (C=O) groups excluding carboxylic acids is 1. The predicted molar refractivity (Wildman–Crippen MR) is 91.5 cm³/mol. The van der Waals surface area contributed by atoms with Crippen molar-refractivity contribution in [3.05, 3.63) is 59.2 Å². The van der Waals surface area contributed by atoms with Gasteiger partial charge in [-0.3, -0.25) is 4.79 Å². The number of carbonyl (C=O) groups is 1. The van der Waals surface area contributed by atoms with Crippen LogP contribution in [0, 0.1) is 0 Å². The molecule has 0 saturated carbocycles. The maximum atomic E-state index is 12.7.